The normalized spacial score (nSPS) is 14.9. The Labute approximate surface area is 112 Å². The number of nitro groups is 1. The van der Waals surface area contributed by atoms with Crippen molar-refractivity contribution in [3.63, 3.8) is 0 Å². The molecule has 0 aliphatic rings. The molecule has 0 saturated heterocycles. The number of benzene rings is 1. The molecule has 0 spiro atoms. The average molecular weight is 287 g/mol. The van der Waals surface area contributed by atoms with Crippen LogP contribution < -0.4 is 0 Å². The van der Waals surface area contributed by atoms with Crippen molar-refractivity contribution < 1.29 is 18.4 Å². The fourth-order valence-corrected chi connectivity index (χ4v) is 3.38. The van der Waals surface area contributed by atoms with Crippen LogP contribution in [0.4, 0.5) is 5.69 Å². The van der Waals surface area contributed by atoms with E-state index in [2.05, 4.69) is 0 Å². The molecule has 2 atom stereocenters. The molecule has 1 aromatic carbocycles. The molecule has 1 N–H and O–H groups in total. The van der Waals surface area contributed by atoms with E-state index in [4.69, 9.17) is 0 Å². The summed E-state index contributed by atoms with van der Waals surface area (Å²) in [7, 11) is -3.37. The standard InChI is InChI=1S/C12H17NO5S/c1-3-11(19(17,18)4-2)12(14)9-5-7-10(8-6-9)13(15)16/h5-8,11-12,14H,3-4H2,1-2H3. The van der Waals surface area contributed by atoms with Crippen molar-refractivity contribution in [1.82, 2.24) is 0 Å². The number of aliphatic hydroxyl groups is 1. The Morgan fingerprint density at radius 1 is 1.26 bits per heavy atom. The summed E-state index contributed by atoms with van der Waals surface area (Å²) >= 11 is 0. The summed E-state index contributed by atoms with van der Waals surface area (Å²) in [5, 5.41) is 19.8. The smallest absolute Gasteiger partial charge is 0.269 e. The first kappa shape index (κ1) is 15.6. The molecule has 0 fully saturated rings. The van der Waals surface area contributed by atoms with E-state index in [9.17, 15) is 23.6 Å². The van der Waals surface area contributed by atoms with Crippen molar-refractivity contribution in [2.75, 3.05) is 5.75 Å². The quantitative estimate of drug-likeness (QED) is 0.636. The Kier molecular flexibility index (Phi) is 5.02. The number of rotatable bonds is 6. The lowest BCUT2D eigenvalue weighted by atomic mass is 10.0. The van der Waals surface area contributed by atoms with Crippen LogP contribution in [0.3, 0.4) is 0 Å². The van der Waals surface area contributed by atoms with Gasteiger partial charge in [0.2, 0.25) is 0 Å². The van der Waals surface area contributed by atoms with Crippen molar-refractivity contribution >= 4 is 15.5 Å². The van der Waals surface area contributed by atoms with Crippen LogP contribution in [0.15, 0.2) is 24.3 Å². The monoisotopic (exact) mass is 287 g/mol. The van der Waals surface area contributed by atoms with Crippen LogP contribution in [0, 0.1) is 10.1 Å². The van der Waals surface area contributed by atoms with Crippen molar-refractivity contribution in [1.29, 1.82) is 0 Å². The highest BCUT2D eigenvalue weighted by molar-refractivity contribution is 7.92. The third-order valence-corrected chi connectivity index (χ3v) is 5.38. The van der Waals surface area contributed by atoms with E-state index in [-0.39, 0.29) is 17.9 Å². The van der Waals surface area contributed by atoms with Gasteiger partial charge in [-0.15, -0.1) is 0 Å². The highest BCUT2D eigenvalue weighted by Crippen LogP contribution is 2.26. The zero-order chi connectivity index (χ0) is 14.6. The summed E-state index contributed by atoms with van der Waals surface area (Å²) in [5.74, 6) is -0.0461. The minimum Gasteiger partial charge on any atom is -0.387 e. The molecule has 0 bridgehead atoms. The summed E-state index contributed by atoms with van der Waals surface area (Å²) in [6.07, 6.45) is -0.885. The van der Waals surface area contributed by atoms with E-state index < -0.39 is 26.1 Å². The Bertz CT molecular complexity index is 538. The van der Waals surface area contributed by atoms with Gasteiger partial charge in [0.15, 0.2) is 9.84 Å². The maximum Gasteiger partial charge on any atom is 0.269 e. The second kappa shape index (κ2) is 6.12. The minimum atomic E-state index is -3.37. The number of nitrogens with zero attached hydrogens (tertiary/aromatic N) is 1. The molecule has 106 valence electrons. The number of nitro benzene ring substituents is 1. The molecular formula is C12H17NO5S. The Morgan fingerprint density at radius 3 is 2.16 bits per heavy atom. The van der Waals surface area contributed by atoms with Gasteiger partial charge >= 0.3 is 0 Å². The Balaban J connectivity index is 3.04. The van der Waals surface area contributed by atoms with Gasteiger partial charge in [-0.05, 0) is 24.1 Å². The van der Waals surface area contributed by atoms with E-state index in [0.29, 0.717) is 5.56 Å². The van der Waals surface area contributed by atoms with Crippen molar-refractivity contribution in [2.45, 2.75) is 31.6 Å². The van der Waals surface area contributed by atoms with Crippen LogP contribution in [0.5, 0.6) is 0 Å². The molecule has 2 unspecified atom stereocenters. The predicted molar refractivity (Wildman–Crippen MR) is 71.6 cm³/mol. The number of hydrogen-bond acceptors (Lipinski definition) is 5. The summed E-state index contributed by atoms with van der Waals surface area (Å²) in [6.45, 7) is 3.22. The summed E-state index contributed by atoms with van der Waals surface area (Å²) in [6, 6.07) is 5.28. The average Bonchev–Trinajstić information content (AvgIpc) is 2.39. The fourth-order valence-electron chi connectivity index (χ4n) is 1.90. The second-order valence-corrected chi connectivity index (χ2v) is 6.70. The van der Waals surface area contributed by atoms with Crippen LogP contribution in [-0.2, 0) is 9.84 Å². The van der Waals surface area contributed by atoms with Gasteiger partial charge in [-0.25, -0.2) is 8.42 Å². The minimum absolute atomic E-state index is 0.0461. The molecule has 1 aromatic rings. The van der Waals surface area contributed by atoms with Crippen LogP contribution in [0.2, 0.25) is 0 Å². The van der Waals surface area contributed by atoms with Crippen LogP contribution in [0.1, 0.15) is 31.9 Å². The molecule has 0 aliphatic heterocycles. The molecule has 6 nitrogen and oxygen atoms in total. The highest BCUT2D eigenvalue weighted by Gasteiger charge is 2.30. The fraction of sp³-hybridized carbons (Fsp3) is 0.500. The number of aliphatic hydroxyl groups excluding tert-OH is 1. The zero-order valence-electron chi connectivity index (χ0n) is 10.8. The first-order valence-electron chi connectivity index (χ1n) is 5.97. The van der Waals surface area contributed by atoms with Crippen molar-refractivity contribution in [3.05, 3.63) is 39.9 Å². The zero-order valence-corrected chi connectivity index (χ0v) is 11.6. The molecule has 0 amide bonds. The lowest BCUT2D eigenvalue weighted by Gasteiger charge is -2.21. The molecule has 0 heterocycles. The second-order valence-electron chi connectivity index (χ2n) is 4.19. The van der Waals surface area contributed by atoms with Gasteiger partial charge in [0.25, 0.3) is 5.69 Å². The Hall–Kier alpha value is -1.47. The summed E-state index contributed by atoms with van der Waals surface area (Å²) in [4.78, 5) is 9.98. The van der Waals surface area contributed by atoms with Crippen LogP contribution in [0.25, 0.3) is 0 Å². The van der Waals surface area contributed by atoms with Gasteiger partial charge in [-0.2, -0.15) is 0 Å². The molecule has 0 aliphatic carbocycles. The van der Waals surface area contributed by atoms with Gasteiger partial charge < -0.3 is 5.11 Å². The van der Waals surface area contributed by atoms with E-state index in [1.807, 2.05) is 0 Å². The maximum absolute atomic E-state index is 11.9. The number of non-ortho nitro benzene ring substituents is 1. The molecule has 1 rings (SSSR count). The molecule has 7 heteroatoms. The SMILES string of the molecule is CCC(C(O)c1ccc([N+](=O)[O-])cc1)S(=O)(=O)CC. The van der Waals surface area contributed by atoms with E-state index in [0.717, 1.165) is 0 Å². The van der Waals surface area contributed by atoms with Gasteiger partial charge in [0.1, 0.15) is 0 Å². The summed E-state index contributed by atoms with van der Waals surface area (Å²) in [5.41, 5.74) is 0.275. The topological polar surface area (TPSA) is 97.5 Å². The molecule has 0 saturated carbocycles. The molecule has 0 radical (unpaired) electrons. The van der Waals surface area contributed by atoms with Crippen LogP contribution >= 0.6 is 0 Å². The molecule has 0 aromatic heterocycles. The largest absolute Gasteiger partial charge is 0.387 e. The third kappa shape index (κ3) is 3.51. The van der Waals surface area contributed by atoms with Crippen LogP contribution in [-0.4, -0.2) is 29.5 Å². The first-order valence-corrected chi connectivity index (χ1v) is 7.69. The Morgan fingerprint density at radius 2 is 1.79 bits per heavy atom. The lowest BCUT2D eigenvalue weighted by molar-refractivity contribution is -0.384. The van der Waals surface area contributed by atoms with E-state index in [1.54, 1.807) is 6.92 Å². The number of sulfone groups is 1. The predicted octanol–water partition coefficient (Wildman–Crippen LogP) is 1.84. The molecular weight excluding hydrogens is 270 g/mol. The van der Waals surface area contributed by atoms with Gasteiger partial charge in [-0.1, -0.05) is 13.8 Å². The maximum atomic E-state index is 11.9. The van der Waals surface area contributed by atoms with Gasteiger partial charge in [0.05, 0.1) is 16.3 Å². The van der Waals surface area contributed by atoms with Crippen molar-refractivity contribution in [3.8, 4) is 0 Å². The van der Waals surface area contributed by atoms with Gasteiger partial charge in [0, 0.05) is 17.9 Å². The van der Waals surface area contributed by atoms with Gasteiger partial charge in [-0.3, -0.25) is 10.1 Å². The molecule has 19 heavy (non-hydrogen) atoms. The highest BCUT2D eigenvalue weighted by atomic mass is 32.2. The lowest BCUT2D eigenvalue weighted by Crippen LogP contribution is -2.29. The van der Waals surface area contributed by atoms with Crippen molar-refractivity contribution in [2.24, 2.45) is 0 Å². The third-order valence-electron chi connectivity index (χ3n) is 3.06. The first-order chi connectivity index (χ1) is 8.83. The summed E-state index contributed by atoms with van der Waals surface area (Å²) < 4.78 is 23.7. The number of hydrogen-bond donors (Lipinski definition) is 1. The van der Waals surface area contributed by atoms with E-state index >= 15 is 0 Å². The van der Waals surface area contributed by atoms with E-state index in [1.165, 1.54) is 31.2 Å².